The Kier molecular flexibility index (Phi) is 3.52. The van der Waals surface area contributed by atoms with Crippen molar-refractivity contribution in [3.63, 3.8) is 0 Å². The fourth-order valence-corrected chi connectivity index (χ4v) is 4.02. The van der Waals surface area contributed by atoms with Gasteiger partial charge in [0.2, 0.25) is 0 Å². The summed E-state index contributed by atoms with van der Waals surface area (Å²) in [5, 5.41) is 22.0. The van der Waals surface area contributed by atoms with Crippen molar-refractivity contribution in [1.29, 1.82) is 0 Å². The standard InChI is InChI=1S/C17H17N3OS/c21-15(11-6-8-18-9-7-11)5-4-12-10-14-17-13(19-20-14)2-1-3-16(17)22-12/h1-5,10-11,18,21H,6-9H2. The first-order chi connectivity index (χ1) is 10.8. The molecule has 0 aromatic heterocycles. The molecule has 0 radical (unpaired) electrons. The predicted octanol–water partition coefficient (Wildman–Crippen LogP) is 2.74. The van der Waals surface area contributed by atoms with E-state index in [2.05, 4.69) is 21.6 Å². The molecule has 1 aromatic carbocycles. The topological polar surface area (TPSA) is 58.0 Å². The Morgan fingerprint density at radius 2 is 2.14 bits per heavy atom. The predicted molar refractivity (Wildman–Crippen MR) is 90.0 cm³/mol. The van der Waals surface area contributed by atoms with E-state index < -0.39 is 0 Å². The van der Waals surface area contributed by atoms with Gasteiger partial charge in [-0.05, 0) is 56.3 Å². The van der Waals surface area contributed by atoms with E-state index in [1.54, 1.807) is 11.3 Å². The summed E-state index contributed by atoms with van der Waals surface area (Å²) >= 11 is 1.70. The molecule has 0 unspecified atom stereocenters. The molecule has 0 aliphatic carbocycles. The Bertz CT molecular complexity index is 848. The molecule has 1 saturated heterocycles. The lowest BCUT2D eigenvalue weighted by molar-refractivity contribution is 0.284. The van der Waals surface area contributed by atoms with Crippen LogP contribution in [0.2, 0.25) is 0 Å². The van der Waals surface area contributed by atoms with Crippen molar-refractivity contribution in [1.82, 2.24) is 15.5 Å². The Morgan fingerprint density at radius 1 is 1.27 bits per heavy atom. The van der Waals surface area contributed by atoms with Gasteiger partial charge in [-0.25, -0.2) is 0 Å². The van der Waals surface area contributed by atoms with E-state index in [1.165, 1.54) is 4.70 Å². The van der Waals surface area contributed by atoms with Crippen molar-refractivity contribution in [2.45, 2.75) is 12.8 Å². The van der Waals surface area contributed by atoms with Crippen LogP contribution in [0, 0.1) is 5.92 Å². The number of aliphatic hydroxyl groups excluding tert-OH is 1. The molecule has 112 valence electrons. The zero-order valence-electron chi connectivity index (χ0n) is 12.1. The Balaban J connectivity index is 1.72. The molecule has 22 heavy (non-hydrogen) atoms. The summed E-state index contributed by atoms with van der Waals surface area (Å²) in [5.74, 6) is 0.769. The number of allylic oxidation sites excluding steroid dienone is 2. The van der Waals surface area contributed by atoms with Crippen LogP contribution < -0.4 is 9.85 Å². The Hall–Kier alpha value is -1.98. The van der Waals surface area contributed by atoms with Gasteiger partial charge in [-0.2, -0.15) is 0 Å². The highest BCUT2D eigenvalue weighted by Crippen LogP contribution is 2.30. The highest BCUT2D eigenvalue weighted by atomic mass is 32.1. The highest BCUT2D eigenvalue weighted by molar-refractivity contribution is 7.16. The van der Waals surface area contributed by atoms with Gasteiger partial charge in [-0.3, -0.25) is 0 Å². The van der Waals surface area contributed by atoms with Gasteiger partial charge < -0.3 is 10.4 Å². The molecule has 1 fully saturated rings. The zero-order valence-corrected chi connectivity index (χ0v) is 12.9. The van der Waals surface area contributed by atoms with Gasteiger partial charge in [-0.15, -0.1) is 21.5 Å². The number of rotatable bonds is 2. The van der Waals surface area contributed by atoms with Crippen molar-refractivity contribution in [2.24, 2.45) is 5.92 Å². The van der Waals surface area contributed by atoms with Gasteiger partial charge in [0.15, 0.2) is 0 Å². The lowest BCUT2D eigenvalue weighted by Crippen LogP contribution is -2.28. The van der Waals surface area contributed by atoms with E-state index in [1.807, 2.05) is 30.4 Å². The van der Waals surface area contributed by atoms with Gasteiger partial charge in [0.25, 0.3) is 0 Å². The number of aromatic nitrogens is 2. The second-order valence-electron chi connectivity index (χ2n) is 5.67. The Labute approximate surface area is 132 Å². The van der Waals surface area contributed by atoms with E-state index in [4.69, 9.17) is 0 Å². The lowest BCUT2D eigenvalue weighted by Gasteiger charge is -2.21. The summed E-state index contributed by atoms with van der Waals surface area (Å²) in [4.78, 5) is 0. The van der Waals surface area contributed by atoms with E-state index in [0.29, 0.717) is 5.76 Å². The van der Waals surface area contributed by atoms with Crippen molar-refractivity contribution in [2.75, 3.05) is 13.1 Å². The van der Waals surface area contributed by atoms with Gasteiger partial charge in [0, 0.05) is 20.7 Å². The van der Waals surface area contributed by atoms with Crippen LogP contribution in [0.1, 0.15) is 12.8 Å². The molecule has 3 aliphatic heterocycles. The minimum atomic E-state index is 0.282. The van der Waals surface area contributed by atoms with Crippen LogP contribution in [0.3, 0.4) is 0 Å². The van der Waals surface area contributed by atoms with Crippen LogP contribution in [0.15, 0.2) is 36.1 Å². The van der Waals surface area contributed by atoms with Crippen LogP contribution in [-0.4, -0.2) is 28.4 Å². The maximum Gasteiger partial charge on any atom is 0.0980 e. The molecule has 2 N–H and O–H groups in total. The molecule has 1 aromatic rings. The molecule has 0 atom stereocenters. The summed E-state index contributed by atoms with van der Waals surface area (Å²) in [6.45, 7) is 1.96. The van der Waals surface area contributed by atoms with Crippen molar-refractivity contribution >= 4 is 27.6 Å². The van der Waals surface area contributed by atoms with Gasteiger partial charge in [0.05, 0.1) is 17.0 Å². The summed E-state index contributed by atoms with van der Waals surface area (Å²) in [7, 11) is 0. The number of piperidine rings is 1. The first kappa shape index (κ1) is 13.7. The monoisotopic (exact) mass is 311 g/mol. The molecule has 4 rings (SSSR count). The molecule has 3 aliphatic rings. The summed E-state index contributed by atoms with van der Waals surface area (Å²) in [6.07, 6.45) is 5.83. The van der Waals surface area contributed by atoms with Gasteiger partial charge in [0.1, 0.15) is 0 Å². The van der Waals surface area contributed by atoms with E-state index >= 15 is 0 Å². The van der Waals surface area contributed by atoms with Crippen molar-refractivity contribution < 1.29 is 5.11 Å². The molecule has 0 amide bonds. The summed E-state index contributed by atoms with van der Waals surface area (Å²) in [6, 6.07) is 8.13. The second-order valence-corrected chi connectivity index (χ2v) is 6.78. The number of aliphatic hydroxyl groups is 1. The van der Waals surface area contributed by atoms with Crippen LogP contribution in [0.5, 0.6) is 0 Å². The molecular weight excluding hydrogens is 294 g/mol. The van der Waals surface area contributed by atoms with Crippen LogP contribution in [0.4, 0.5) is 0 Å². The van der Waals surface area contributed by atoms with Crippen LogP contribution in [-0.2, 0) is 0 Å². The average Bonchev–Trinajstić information content (AvgIpc) is 2.98. The minimum absolute atomic E-state index is 0.282. The normalized spacial score (nSPS) is 18.5. The first-order valence-corrected chi connectivity index (χ1v) is 8.39. The average molecular weight is 311 g/mol. The van der Waals surface area contributed by atoms with Gasteiger partial charge in [-0.1, -0.05) is 6.07 Å². The van der Waals surface area contributed by atoms with Gasteiger partial charge >= 0.3 is 0 Å². The molecule has 5 heteroatoms. The third-order valence-corrected chi connectivity index (χ3v) is 5.26. The van der Waals surface area contributed by atoms with Crippen molar-refractivity contribution in [3.05, 3.63) is 40.6 Å². The largest absolute Gasteiger partial charge is 0.512 e. The molecule has 0 bridgehead atoms. The maximum absolute atomic E-state index is 10.3. The number of hydrogen-bond donors (Lipinski definition) is 2. The highest BCUT2D eigenvalue weighted by Gasteiger charge is 2.16. The third-order valence-electron chi connectivity index (χ3n) is 4.21. The summed E-state index contributed by atoms with van der Waals surface area (Å²) in [5.41, 5.74) is 3.00. The lowest BCUT2D eigenvalue weighted by atomic mass is 9.96. The molecule has 0 spiro atoms. The van der Waals surface area contributed by atoms with Crippen LogP contribution in [0.25, 0.3) is 27.6 Å². The quantitative estimate of drug-likeness (QED) is 0.715. The number of benzene rings is 1. The van der Waals surface area contributed by atoms with Crippen LogP contribution >= 0.6 is 11.3 Å². The zero-order chi connectivity index (χ0) is 14.9. The molecule has 0 saturated carbocycles. The number of nitrogens with zero attached hydrogens (tertiary/aromatic N) is 2. The Morgan fingerprint density at radius 3 is 3.00 bits per heavy atom. The van der Waals surface area contributed by atoms with Crippen molar-refractivity contribution in [3.8, 4) is 11.3 Å². The fraction of sp³-hybridized carbons (Fsp3) is 0.294. The van der Waals surface area contributed by atoms with E-state index in [0.717, 1.165) is 47.2 Å². The maximum atomic E-state index is 10.3. The second kappa shape index (κ2) is 5.66. The third kappa shape index (κ3) is 2.46. The number of hydrogen-bond acceptors (Lipinski definition) is 5. The molecular formula is C17H17N3OS. The molecule has 3 heterocycles. The first-order valence-electron chi connectivity index (χ1n) is 7.57. The smallest absolute Gasteiger partial charge is 0.0980 e. The molecule has 4 nitrogen and oxygen atoms in total. The van der Waals surface area contributed by atoms with E-state index in [-0.39, 0.29) is 5.92 Å². The number of nitrogens with one attached hydrogen (secondary N) is 1. The van der Waals surface area contributed by atoms with E-state index in [9.17, 15) is 5.11 Å². The minimum Gasteiger partial charge on any atom is -0.512 e. The summed E-state index contributed by atoms with van der Waals surface area (Å²) < 4.78 is 2.27. The fourth-order valence-electron chi connectivity index (χ4n) is 3.00. The SMILES string of the molecule is OC(=CC=c1cc2nnc3cccc(s1)c3-2)C1CCNCC1.